The van der Waals surface area contributed by atoms with Crippen LogP contribution in [0.4, 0.5) is 5.82 Å². The summed E-state index contributed by atoms with van der Waals surface area (Å²) in [6, 6.07) is 19.6. The molecular weight excluding hydrogens is 264 g/mol. The Morgan fingerprint density at radius 2 is 1.57 bits per heavy atom. The van der Waals surface area contributed by atoms with Crippen LogP contribution < -0.4 is 16.0 Å². The number of hydrogen-bond donors (Lipinski definition) is 2. The van der Waals surface area contributed by atoms with E-state index in [9.17, 15) is 0 Å². The Balaban J connectivity index is 1.78. The highest BCUT2D eigenvalue weighted by atomic mass is 16.5. The van der Waals surface area contributed by atoms with E-state index in [1.54, 1.807) is 6.07 Å². The van der Waals surface area contributed by atoms with E-state index in [4.69, 9.17) is 10.6 Å². The minimum Gasteiger partial charge on any atom is -0.439 e. The number of hydrazine groups is 1. The van der Waals surface area contributed by atoms with E-state index in [2.05, 4.69) is 27.5 Å². The Morgan fingerprint density at radius 3 is 2.29 bits per heavy atom. The molecule has 5 heteroatoms. The maximum atomic E-state index is 5.67. The lowest BCUT2D eigenvalue weighted by atomic mass is 10.1. The number of nitrogen functional groups attached to an aromatic ring is 1. The topological polar surface area (TPSA) is 73.1 Å². The lowest BCUT2D eigenvalue weighted by Crippen LogP contribution is -2.08. The van der Waals surface area contributed by atoms with E-state index < -0.39 is 0 Å². The Bertz CT molecular complexity index is 714. The minimum atomic E-state index is 0.436. The van der Waals surface area contributed by atoms with Gasteiger partial charge in [-0.05, 0) is 23.3 Å². The average Bonchev–Trinajstić information content (AvgIpc) is 2.56. The summed E-state index contributed by atoms with van der Waals surface area (Å²) < 4.78 is 5.67. The quantitative estimate of drug-likeness (QED) is 0.566. The number of rotatable bonds is 4. The smallest absolute Gasteiger partial charge is 0.224 e. The van der Waals surface area contributed by atoms with Crippen molar-refractivity contribution >= 4 is 5.82 Å². The molecule has 1 heterocycles. The highest BCUT2D eigenvalue weighted by molar-refractivity contribution is 5.64. The zero-order valence-electron chi connectivity index (χ0n) is 11.2. The number of nitrogens with two attached hydrogens (primary N) is 1. The largest absolute Gasteiger partial charge is 0.439 e. The number of nitrogens with one attached hydrogen (secondary N) is 1. The van der Waals surface area contributed by atoms with Crippen molar-refractivity contribution in [2.45, 2.75) is 0 Å². The molecule has 21 heavy (non-hydrogen) atoms. The van der Waals surface area contributed by atoms with Gasteiger partial charge in [-0.2, -0.15) is 0 Å². The Hall–Kier alpha value is -2.92. The third kappa shape index (κ3) is 3.16. The van der Waals surface area contributed by atoms with Crippen LogP contribution in [0.1, 0.15) is 0 Å². The number of benzene rings is 2. The molecule has 0 fully saturated rings. The van der Waals surface area contributed by atoms with Crippen molar-refractivity contribution in [2.24, 2.45) is 5.84 Å². The summed E-state index contributed by atoms with van der Waals surface area (Å²) in [4.78, 5) is 7.96. The van der Waals surface area contributed by atoms with E-state index in [-0.39, 0.29) is 0 Å². The van der Waals surface area contributed by atoms with Crippen LogP contribution in [-0.4, -0.2) is 9.97 Å². The number of hydrogen-bond acceptors (Lipinski definition) is 5. The van der Waals surface area contributed by atoms with Gasteiger partial charge in [0.1, 0.15) is 17.9 Å². The van der Waals surface area contributed by atoms with Crippen LogP contribution in [0.5, 0.6) is 11.6 Å². The third-order valence-electron chi connectivity index (χ3n) is 2.97. The van der Waals surface area contributed by atoms with Crippen molar-refractivity contribution in [1.82, 2.24) is 9.97 Å². The molecule has 0 atom stereocenters. The van der Waals surface area contributed by atoms with Crippen LogP contribution in [0.3, 0.4) is 0 Å². The molecule has 0 bridgehead atoms. The average molecular weight is 278 g/mol. The fraction of sp³-hybridized carbons (Fsp3) is 0. The van der Waals surface area contributed by atoms with Crippen LogP contribution in [0.25, 0.3) is 11.1 Å². The van der Waals surface area contributed by atoms with E-state index in [0.29, 0.717) is 17.4 Å². The van der Waals surface area contributed by atoms with Crippen LogP contribution in [-0.2, 0) is 0 Å². The van der Waals surface area contributed by atoms with Crippen molar-refractivity contribution < 1.29 is 4.74 Å². The number of aromatic nitrogens is 2. The van der Waals surface area contributed by atoms with Crippen molar-refractivity contribution in [3.8, 4) is 22.8 Å². The monoisotopic (exact) mass is 278 g/mol. The van der Waals surface area contributed by atoms with Crippen LogP contribution >= 0.6 is 0 Å². The molecule has 0 spiro atoms. The number of nitrogens with zero attached hydrogens (tertiary/aromatic N) is 2. The summed E-state index contributed by atoms with van der Waals surface area (Å²) in [6.07, 6.45) is 1.39. The molecule has 0 saturated heterocycles. The normalized spacial score (nSPS) is 10.1. The predicted octanol–water partition coefficient (Wildman–Crippen LogP) is 3.22. The molecule has 3 rings (SSSR count). The van der Waals surface area contributed by atoms with Gasteiger partial charge in [-0.1, -0.05) is 42.5 Å². The Kier molecular flexibility index (Phi) is 3.75. The first-order valence-electron chi connectivity index (χ1n) is 6.47. The predicted molar refractivity (Wildman–Crippen MR) is 81.8 cm³/mol. The first-order chi connectivity index (χ1) is 10.3. The maximum Gasteiger partial charge on any atom is 0.224 e. The first-order valence-corrected chi connectivity index (χ1v) is 6.47. The fourth-order valence-corrected chi connectivity index (χ4v) is 1.94. The molecule has 0 saturated carbocycles. The Labute approximate surface area is 122 Å². The van der Waals surface area contributed by atoms with Crippen molar-refractivity contribution in [2.75, 3.05) is 5.43 Å². The summed E-state index contributed by atoms with van der Waals surface area (Å²) in [5.41, 5.74) is 4.75. The molecule has 0 radical (unpaired) electrons. The summed E-state index contributed by atoms with van der Waals surface area (Å²) in [7, 11) is 0. The molecule has 2 aromatic carbocycles. The molecule has 3 aromatic rings. The number of anilines is 1. The standard InChI is InChI=1S/C16H14N4O/c17-20-15-10-16(19-11-18-15)21-14-8-6-13(7-9-14)12-4-2-1-3-5-12/h1-11H,17H2,(H,18,19,20). The van der Waals surface area contributed by atoms with E-state index in [0.717, 1.165) is 5.56 Å². The fourth-order valence-electron chi connectivity index (χ4n) is 1.94. The molecule has 0 unspecified atom stereocenters. The van der Waals surface area contributed by atoms with Crippen molar-refractivity contribution in [1.29, 1.82) is 0 Å². The zero-order chi connectivity index (χ0) is 14.5. The molecular formula is C16H14N4O. The molecule has 104 valence electrons. The SMILES string of the molecule is NNc1cc(Oc2ccc(-c3ccccc3)cc2)ncn1. The molecule has 0 amide bonds. The van der Waals surface area contributed by atoms with Gasteiger partial charge in [0.2, 0.25) is 5.88 Å². The third-order valence-corrected chi connectivity index (χ3v) is 2.97. The van der Waals surface area contributed by atoms with Gasteiger partial charge in [-0.25, -0.2) is 15.8 Å². The molecule has 0 aliphatic rings. The van der Waals surface area contributed by atoms with E-state index >= 15 is 0 Å². The van der Waals surface area contributed by atoms with Crippen LogP contribution in [0.2, 0.25) is 0 Å². The van der Waals surface area contributed by atoms with Crippen molar-refractivity contribution in [3.63, 3.8) is 0 Å². The molecule has 3 N–H and O–H groups in total. The second-order valence-electron chi connectivity index (χ2n) is 4.38. The maximum absolute atomic E-state index is 5.67. The second kappa shape index (κ2) is 6.02. The van der Waals surface area contributed by atoms with Crippen LogP contribution in [0, 0.1) is 0 Å². The van der Waals surface area contributed by atoms with Gasteiger partial charge in [0.25, 0.3) is 0 Å². The minimum absolute atomic E-state index is 0.436. The van der Waals surface area contributed by atoms with Gasteiger partial charge in [0, 0.05) is 6.07 Å². The molecule has 5 nitrogen and oxygen atoms in total. The Morgan fingerprint density at radius 1 is 0.857 bits per heavy atom. The lowest BCUT2D eigenvalue weighted by Gasteiger charge is -2.07. The zero-order valence-corrected chi connectivity index (χ0v) is 11.2. The summed E-state index contributed by atoms with van der Waals surface area (Å²) in [5.74, 6) is 6.94. The highest BCUT2D eigenvalue weighted by Gasteiger charge is 2.02. The van der Waals surface area contributed by atoms with Gasteiger partial charge in [-0.15, -0.1) is 0 Å². The van der Waals surface area contributed by atoms with Gasteiger partial charge >= 0.3 is 0 Å². The van der Waals surface area contributed by atoms with Gasteiger partial charge < -0.3 is 10.2 Å². The first kappa shape index (κ1) is 13.1. The van der Waals surface area contributed by atoms with Crippen LogP contribution in [0.15, 0.2) is 67.0 Å². The molecule has 1 aromatic heterocycles. The van der Waals surface area contributed by atoms with E-state index in [1.165, 1.54) is 11.9 Å². The van der Waals surface area contributed by atoms with Crippen molar-refractivity contribution in [3.05, 3.63) is 67.0 Å². The molecule has 0 aliphatic heterocycles. The highest BCUT2D eigenvalue weighted by Crippen LogP contribution is 2.25. The van der Waals surface area contributed by atoms with Gasteiger partial charge in [0.15, 0.2) is 0 Å². The number of ether oxygens (including phenoxy) is 1. The lowest BCUT2D eigenvalue weighted by molar-refractivity contribution is 0.462. The molecule has 0 aliphatic carbocycles. The second-order valence-corrected chi connectivity index (χ2v) is 4.38. The van der Waals surface area contributed by atoms with Gasteiger partial charge in [-0.3, -0.25) is 0 Å². The van der Waals surface area contributed by atoms with E-state index in [1.807, 2.05) is 42.5 Å². The summed E-state index contributed by atoms with van der Waals surface area (Å²) >= 11 is 0. The summed E-state index contributed by atoms with van der Waals surface area (Å²) in [5, 5.41) is 0. The summed E-state index contributed by atoms with van der Waals surface area (Å²) in [6.45, 7) is 0. The van der Waals surface area contributed by atoms with Gasteiger partial charge in [0.05, 0.1) is 0 Å².